The van der Waals surface area contributed by atoms with Gasteiger partial charge in [-0.05, 0) is 29.7 Å². The first-order chi connectivity index (χ1) is 10.8. The fourth-order valence-electron chi connectivity index (χ4n) is 2.65. The van der Waals surface area contributed by atoms with E-state index >= 15 is 0 Å². The molecule has 0 spiro atoms. The molecular weight excluding hydrogens is 294 g/mol. The number of aromatic hydroxyl groups is 1. The Morgan fingerprint density at radius 1 is 1.04 bits per heavy atom. The number of phenols is 1. The first-order valence-corrected chi connectivity index (χ1v) is 7.21. The standard InChI is InChI=1S/C17H17N3O3/c1-17(2,3)14-10(16(22)23)8-9-13(15(14)21)20-18-11-6-4-5-7-12(11)19-20/h4-9,21H,1-3H3,(H,22,23). The molecule has 6 heteroatoms. The molecule has 0 aliphatic heterocycles. The molecule has 118 valence electrons. The molecule has 2 N–H and O–H groups in total. The lowest BCUT2D eigenvalue weighted by molar-refractivity contribution is 0.0693. The lowest BCUT2D eigenvalue weighted by Crippen LogP contribution is -2.18. The topological polar surface area (TPSA) is 88.2 Å². The summed E-state index contributed by atoms with van der Waals surface area (Å²) in [5.41, 5.74) is 1.66. The van der Waals surface area contributed by atoms with Gasteiger partial charge >= 0.3 is 5.97 Å². The van der Waals surface area contributed by atoms with Gasteiger partial charge in [0.05, 0.1) is 5.56 Å². The Balaban J connectivity index is 2.26. The summed E-state index contributed by atoms with van der Waals surface area (Å²) >= 11 is 0. The van der Waals surface area contributed by atoms with Gasteiger partial charge in [0.2, 0.25) is 0 Å². The normalized spacial score (nSPS) is 11.8. The SMILES string of the molecule is CC(C)(C)c1c(C(=O)O)ccc(-n2nc3ccccc3n2)c1O. The Morgan fingerprint density at radius 3 is 2.09 bits per heavy atom. The quantitative estimate of drug-likeness (QED) is 0.759. The van der Waals surface area contributed by atoms with E-state index in [0.717, 1.165) is 0 Å². The van der Waals surface area contributed by atoms with E-state index in [9.17, 15) is 15.0 Å². The van der Waals surface area contributed by atoms with Crippen LogP contribution < -0.4 is 0 Å². The molecule has 0 radical (unpaired) electrons. The average molecular weight is 311 g/mol. The molecule has 23 heavy (non-hydrogen) atoms. The molecule has 0 fully saturated rings. The van der Waals surface area contributed by atoms with Gasteiger partial charge in [0.1, 0.15) is 22.5 Å². The number of fused-ring (bicyclic) bond motifs is 1. The van der Waals surface area contributed by atoms with Gasteiger partial charge in [-0.1, -0.05) is 32.9 Å². The number of aromatic nitrogens is 3. The van der Waals surface area contributed by atoms with Crippen LogP contribution in [0, 0.1) is 0 Å². The molecule has 0 aliphatic rings. The van der Waals surface area contributed by atoms with E-state index in [1.807, 2.05) is 45.0 Å². The molecule has 3 aromatic rings. The summed E-state index contributed by atoms with van der Waals surface area (Å²) in [6.07, 6.45) is 0. The smallest absolute Gasteiger partial charge is 0.336 e. The van der Waals surface area contributed by atoms with Crippen molar-refractivity contribution in [1.82, 2.24) is 15.0 Å². The van der Waals surface area contributed by atoms with Gasteiger partial charge in [0.25, 0.3) is 0 Å². The summed E-state index contributed by atoms with van der Waals surface area (Å²) in [7, 11) is 0. The van der Waals surface area contributed by atoms with Crippen LogP contribution in [-0.4, -0.2) is 31.2 Å². The third-order valence-electron chi connectivity index (χ3n) is 3.64. The van der Waals surface area contributed by atoms with E-state index in [1.165, 1.54) is 16.9 Å². The minimum absolute atomic E-state index is 0.0791. The number of nitrogens with zero attached hydrogens (tertiary/aromatic N) is 3. The number of rotatable bonds is 2. The molecule has 3 rings (SSSR count). The highest BCUT2D eigenvalue weighted by atomic mass is 16.4. The van der Waals surface area contributed by atoms with Gasteiger partial charge < -0.3 is 10.2 Å². The molecule has 6 nitrogen and oxygen atoms in total. The molecule has 0 saturated heterocycles. The van der Waals surface area contributed by atoms with Crippen LogP contribution in [0.1, 0.15) is 36.7 Å². The zero-order chi connectivity index (χ0) is 16.8. The predicted molar refractivity (Wildman–Crippen MR) is 86.2 cm³/mol. The Morgan fingerprint density at radius 2 is 1.61 bits per heavy atom. The van der Waals surface area contributed by atoms with Crippen molar-refractivity contribution in [2.24, 2.45) is 0 Å². The summed E-state index contributed by atoms with van der Waals surface area (Å²) in [5, 5.41) is 28.7. The summed E-state index contributed by atoms with van der Waals surface area (Å²) in [4.78, 5) is 12.8. The van der Waals surface area contributed by atoms with Crippen molar-refractivity contribution >= 4 is 17.0 Å². The Labute approximate surface area is 133 Å². The molecule has 0 saturated carbocycles. The van der Waals surface area contributed by atoms with Crippen LogP contribution >= 0.6 is 0 Å². The number of carbonyl (C=O) groups is 1. The molecule has 0 unspecified atom stereocenters. The van der Waals surface area contributed by atoms with E-state index < -0.39 is 11.4 Å². The largest absolute Gasteiger partial charge is 0.505 e. The van der Waals surface area contributed by atoms with Crippen molar-refractivity contribution in [3.05, 3.63) is 47.5 Å². The highest BCUT2D eigenvalue weighted by Gasteiger charge is 2.28. The zero-order valence-electron chi connectivity index (χ0n) is 13.1. The van der Waals surface area contributed by atoms with E-state index in [2.05, 4.69) is 10.2 Å². The maximum Gasteiger partial charge on any atom is 0.336 e. The van der Waals surface area contributed by atoms with Crippen LogP contribution in [0.15, 0.2) is 36.4 Å². The minimum atomic E-state index is -1.07. The molecule has 0 aliphatic carbocycles. The number of hydrogen-bond donors (Lipinski definition) is 2. The fraction of sp³-hybridized carbons (Fsp3) is 0.235. The summed E-state index contributed by atoms with van der Waals surface area (Å²) in [6, 6.07) is 10.4. The second kappa shape index (κ2) is 5.08. The van der Waals surface area contributed by atoms with Gasteiger partial charge in [-0.25, -0.2) is 4.79 Å². The van der Waals surface area contributed by atoms with Gasteiger partial charge in [-0.3, -0.25) is 0 Å². The Hall–Kier alpha value is -2.89. The maximum absolute atomic E-state index is 11.5. The minimum Gasteiger partial charge on any atom is -0.505 e. The van der Waals surface area contributed by atoms with Crippen LogP contribution in [0.3, 0.4) is 0 Å². The van der Waals surface area contributed by atoms with E-state index in [0.29, 0.717) is 22.3 Å². The summed E-state index contributed by atoms with van der Waals surface area (Å²) in [5.74, 6) is -1.19. The van der Waals surface area contributed by atoms with Gasteiger partial charge in [0.15, 0.2) is 0 Å². The monoisotopic (exact) mass is 311 g/mol. The van der Waals surface area contributed by atoms with Crippen molar-refractivity contribution in [2.75, 3.05) is 0 Å². The van der Waals surface area contributed by atoms with Gasteiger partial charge in [-0.15, -0.1) is 15.0 Å². The highest BCUT2D eigenvalue weighted by molar-refractivity contribution is 5.91. The van der Waals surface area contributed by atoms with Crippen molar-refractivity contribution in [3.8, 4) is 11.4 Å². The number of aromatic carboxylic acids is 1. The fourth-order valence-corrected chi connectivity index (χ4v) is 2.65. The van der Waals surface area contributed by atoms with Crippen LogP contribution in [0.5, 0.6) is 5.75 Å². The maximum atomic E-state index is 11.5. The Kier molecular flexibility index (Phi) is 3.32. The van der Waals surface area contributed by atoms with Crippen molar-refractivity contribution < 1.29 is 15.0 Å². The molecule has 1 heterocycles. The van der Waals surface area contributed by atoms with Crippen LogP contribution in [0.25, 0.3) is 16.7 Å². The number of benzene rings is 2. The highest BCUT2D eigenvalue weighted by Crippen LogP contribution is 2.37. The molecule has 0 amide bonds. The van der Waals surface area contributed by atoms with E-state index in [-0.39, 0.29) is 11.3 Å². The van der Waals surface area contributed by atoms with Crippen molar-refractivity contribution in [2.45, 2.75) is 26.2 Å². The number of carboxylic acids is 1. The van der Waals surface area contributed by atoms with Gasteiger partial charge in [-0.2, -0.15) is 0 Å². The van der Waals surface area contributed by atoms with E-state index in [4.69, 9.17) is 0 Å². The molecular formula is C17H17N3O3. The van der Waals surface area contributed by atoms with Crippen LogP contribution in [-0.2, 0) is 5.41 Å². The second-order valence-corrected chi connectivity index (χ2v) is 6.39. The lowest BCUT2D eigenvalue weighted by Gasteiger charge is -2.23. The van der Waals surface area contributed by atoms with Crippen LogP contribution in [0.2, 0.25) is 0 Å². The number of phenolic OH excluding ortho intramolecular Hbond substituents is 1. The molecule has 0 bridgehead atoms. The third kappa shape index (κ3) is 2.52. The van der Waals surface area contributed by atoms with Crippen molar-refractivity contribution in [1.29, 1.82) is 0 Å². The number of carboxylic acid groups (broad SMARTS) is 1. The molecule has 2 aromatic carbocycles. The van der Waals surface area contributed by atoms with Crippen LogP contribution in [0.4, 0.5) is 0 Å². The lowest BCUT2D eigenvalue weighted by atomic mass is 9.82. The summed E-state index contributed by atoms with van der Waals surface area (Å²) in [6.45, 7) is 5.56. The second-order valence-electron chi connectivity index (χ2n) is 6.39. The molecule has 1 aromatic heterocycles. The average Bonchev–Trinajstić information content (AvgIpc) is 2.88. The first-order valence-electron chi connectivity index (χ1n) is 7.21. The van der Waals surface area contributed by atoms with Gasteiger partial charge in [0, 0.05) is 5.56 Å². The first kappa shape index (κ1) is 15.0. The number of hydrogen-bond acceptors (Lipinski definition) is 4. The molecule has 0 atom stereocenters. The third-order valence-corrected chi connectivity index (χ3v) is 3.64. The van der Waals surface area contributed by atoms with E-state index in [1.54, 1.807) is 0 Å². The Bertz CT molecular complexity index is 874. The predicted octanol–water partition coefficient (Wildman–Crippen LogP) is 3.12. The van der Waals surface area contributed by atoms with Crippen molar-refractivity contribution in [3.63, 3.8) is 0 Å². The zero-order valence-corrected chi connectivity index (χ0v) is 13.1. The summed E-state index contributed by atoms with van der Waals surface area (Å²) < 4.78 is 0.